The third-order valence-electron chi connectivity index (χ3n) is 3.70. The van der Waals surface area contributed by atoms with Gasteiger partial charge in [0.1, 0.15) is 13.2 Å². The zero-order chi connectivity index (χ0) is 20.6. The van der Waals surface area contributed by atoms with E-state index < -0.39 is 11.9 Å². The van der Waals surface area contributed by atoms with E-state index in [0.717, 1.165) is 17.0 Å². The number of hydrogen-bond donors (Lipinski definition) is 3. The van der Waals surface area contributed by atoms with Crippen LogP contribution in [0.5, 0.6) is 11.5 Å². The summed E-state index contributed by atoms with van der Waals surface area (Å²) in [6.45, 7) is 0.989. The molecule has 150 valence electrons. The van der Waals surface area contributed by atoms with Gasteiger partial charge in [0.25, 0.3) is 0 Å². The predicted octanol–water partition coefficient (Wildman–Crippen LogP) is 2.77. The van der Waals surface area contributed by atoms with E-state index in [-0.39, 0.29) is 11.7 Å². The number of carbonyl (C=O) groups is 3. The van der Waals surface area contributed by atoms with Crippen molar-refractivity contribution in [2.75, 3.05) is 29.6 Å². The number of rotatable bonds is 7. The Labute approximate surface area is 170 Å². The largest absolute Gasteiger partial charge is 0.486 e. The fourth-order valence-corrected chi connectivity index (χ4v) is 3.13. The predicted molar refractivity (Wildman–Crippen MR) is 109 cm³/mol. The van der Waals surface area contributed by atoms with Crippen molar-refractivity contribution in [3.05, 3.63) is 54.6 Å². The van der Waals surface area contributed by atoms with Crippen molar-refractivity contribution in [3.8, 4) is 11.5 Å². The first-order valence-electron chi connectivity index (χ1n) is 8.64. The number of ether oxygens (including phenoxy) is 2. The molecule has 29 heavy (non-hydrogen) atoms. The highest BCUT2D eigenvalue weighted by atomic mass is 32.2. The van der Waals surface area contributed by atoms with Crippen molar-refractivity contribution >= 4 is 40.9 Å². The molecule has 0 saturated carbocycles. The molecule has 1 heterocycles. The maximum Gasteiger partial charge on any atom is 0.328 e. The maximum atomic E-state index is 12.2. The Morgan fingerprint density at radius 3 is 2.34 bits per heavy atom. The number of carbonyl (C=O) groups excluding carboxylic acids is 2. The van der Waals surface area contributed by atoms with Gasteiger partial charge in [-0.05, 0) is 36.4 Å². The van der Waals surface area contributed by atoms with Gasteiger partial charge < -0.3 is 25.2 Å². The third-order valence-corrected chi connectivity index (χ3v) is 4.71. The number of thioether (sulfide) groups is 1. The van der Waals surface area contributed by atoms with E-state index in [1.807, 2.05) is 0 Å². The van der Waals surface area contributed by atoms with Gasteiger partial charge in [0.15, 0.2) is 11.5 Å². The fraction of sp³-hybridized carbons (Fsp3) is 0.150. The average Bonchev–Trinajstić information content (AvgIpc) is 2.72. The lowest BCUT2D eigenvalue weighted by molar-refractivity contribution is -0.131. The van der Waals surface area contributed by atoms with E-state index >= 15 is 0 Å². The summed E-state index contributed by atoms with van der Waals surface area (Å²) in [5.74, 6) is -0.413. The van der Waals surface area contributed by atoms with Gasteiger partial charge in [0.2, 0.25) is 11.8 Å². The molecule has 8 nitrogen and oxygen atoms in total. The summed E-state index contributed by atoms with van der Waals surface area (Å²) in [6, 6.07) is 12.1. The summed E-state index contributed by atoms with van der Waals surface area (Å²) in [5.41, 5.74) is 1.16. The molecule has 0 aliphatic carbocycles. The van der Waals surface area contributed by atoms with Crippen LogP contribution in [-0.2, 0) is 14.4 Å². The molecule has 0 radical (unpaired) electrons. The molecule has 0 aromatic heterocycles. The van der Waals surface area contributed by atoms with Gasteiger partial charge in [0.05, 0.1) is 5.75 Å². The lowest BCUT2D eigenvalue weighted by Crippen LogP contribution is -2.17. The molecular weight excluding hydrogens is 396 g/mol. The van der Waals surface area contributed by atoms with Crippen LogP contribution in [0.25, 0.3) is 0 Å². The van der Waals surface area contributed by atoms with Gasteiger partial charge in [-0.2, -0.15) is 0 Å². The van der Waals surface area contributed by atoms with Crippen LogP contribution in [-0.4, -0.2) is 41.9 Å². The van der Waals surface area contributed by atoms with Crippen LogP contribution >= 0.6 is 11.8 Å². The summed E-state index contributed by atoms with van der Waals surface area (Å²) in [4.78, 5) is 35.0. The number of aliphatic carboxylic acids is 1. The molecule has 0 fully saturated rings. The Hall–Kier alpha value is -3.46. The minimum atomic E-state index is -1.19. The van der Waals surface area contributed by atoms with Crippen molar-refractivity contribution in [1.29, 1.82) is 0 Å². The van der Waals surface area contributed by atoms with Crippen LogP contribution in [0, 0.1) is 0 Å². The van der Waals surface area contributed by atoms with Gasteiger partial charge >= 0.3 is 5.97 Å². The highest BCUT2D eigenvalue weighted by molar-refractivity contribution is 8.00. The molecule has 2 aromatic rings. The van der Waals surface area contributed by atoms with E-state index in [0.29, 0.717) is 36.1 Å². The summed E-state index contributed by atoms with van der Waals surface area (Å²) >= 11 is 1.35. The second kappa shape index (κ2) is 9.65. The van der Waals surface area contributed by atoms with Crippen molar-refractivity contribution < 1.29 is 29.0 Å². The van der Waals surface area contributed by atoms with Gasteiger partial charge in [0, 0.05) is 34.5 Å². The molecule has 2 aromatic carbocycles. The highest BCUT2D eigenvalue weighted by Gasteiger charge is 2.13. The smallest absolute Gasteiger partial charge is 0.328 e. The number of benzene rings is 2. The first kappa shape index (κ1) is 20.3. The molecule has 0 atom stereocenters. The number of carboxylic acid groups (broad SMARTS) is 1. The topological polar surface area (TPSA) is 114 Å². The zero-order valence-corrected chi connectivity index (χ0v) is 16.0. The minimum Gasteiger partial charge on any atom is -0.486 e. The molecule has 1 aliphatic rings. The van der Waals surface area contributed by atoms with Crippen molar-refractivity contribution in [3.63, 3.8) is 0 Å². The zero-order valence-electron chi connectivity index (χ0n) is 15.2. The van der Waals surface area contributed by atoms with Crippen LogP contribution in [0.2, 0.25) is 0 Å². The summed E-state index contributed by atoms with van der Waals surface area (Å²) in [5, 5.41) is 13.9. The summed E-state index contributed by atoms with van der Waals surface area (Å²) in [6.07, 6.45) is 1.70. The average molecular weight is 414 g/mol. The molecule has 3 rings (SSSR count). The lowest BCUT2D eigenvalue weighted by Gasteiger charge is -2.19. The Morgan fingerprint density at radius 2 is 1.62 bits per heavy atom. The third kappa shape index (κ3) is 6.28. The molecule has 3 N–H and O–H groups in total. The van der Waals surface area contributed by atoms with E-state index in [9.17, 15) is 14.4 Å². The first-order chi connectivity index (χ1) is 14.0. The van der Waals surface area contributed by atoms with Crippen molar-refractivity contribution in [1.82, 2.24) is 0 Å². The molecule has 0 saturated heterocycles. The molecule has 9 heteroatoms. The summed E-state index contributed by atoms with van der Waals surface area (Å²) < 4.78 is 10.9. The van der Waals surface area contributed by atoms with Crippen LogP contribution in [0.1, 0.15) is 0 Å². The van der Waals surface area contributed by atoms with E-state index in [1.165, 1.54) is 11.8 Å². The van der Waals surface area contributed by atoms with Gasteiger partial charge in [-0.3, -0.25) is 9.59 Å². The van der Waals surface area contributed by atoms with Crippen molar-refractivity contribution in [2.24, 2.45) is 0 Å². The molecule has 2 amide bonds. The minimum absolute atomic E-state index is 0.164. The SMILES string of the molecule is O=C(O)/C=C/C(=O)Nc1ccc(SCC(=O)Nc2ccc3c(c2)OCCO3)cc1. The molecule has 1 aliphatic heterocycles. The second-order valence-electron chi connectivity index (χ2n) is 5.88. The number of amides is 2. The van der Waals surface area contributed by atoms with Crippen LogP contribution in [0.3, 0.4) is 0 Å². The monoisotopic (exact) mass is 414 g/mol. The maximum absolute atomic E-state index is 12.2. The molecular formula is C20H18N2O6S. The van der Waals surface area contributed by atoms with Crippen LogP contribution in [0.15, 0.2) is 59.5 Å². The van der Waals surface area contributed by atoms with Crippen LogP contribution < -0.4 is 20.1 Å². The normalized spacial score (nSPS) is 12.4. The van der Waals surface area contributed by atoms with E-state index in [4.69, 9.17) is 14.6 Å². The molecule has 0 unspecified atom stereocenters. The Bertz CT molecular complexity index is 942. The molecule has 0 spiro atoms. The van der Waals surface area contributed by atoms with E-state index in [1.54, 1.807) is 42.5 Å². The fourth-order valence-electron chi connectivity index (χ4n) is 2.43. The second-order valence-corrected chi connectivity index (χ2v) is 6.93. The standard InChI is InChI=1S/C20H18N2O6S/c23-18(7-8-20(25)26)21-13-1-4-15(5-2-13)29-12-19(24)22-14-3-6-16-17(11-14)28-10-9-27-16/h1-8,11H,9-10,12H2,(H,21,23)(H,22,24)(H,25,26)/b8-7+. The highest BCUT2D eigenvalue weighted by Crippen LogP contribution is 2.32. The van der Waals surface area contributed by atoms with E-state index in [2.05, 4.69) is 10.6 Å². The number of hydrogen-bond acceptors (Lipinski definition) is 6. The molecule has 0 bridgehead atoms. The van der Waals surface area contributed by atoms with Crippen molar-refractivity contribution in [2.45, 2.75) is 4.90 Å². The number of carboxylic acids is 1. The Kier molecular flexibility index (Phi) is 6.75. The Balaban J connectivity index is 1.47. The number of nitrogens with one attached hydrogen (secondary N) is 2. The van der Waals surface area contributed by atoms with Crippen LogP contribution in [0.4, 0.5) is 11.4 Å². The Morgan fingerprint density at radius 1 is 0.931 bits per heavy atom. The first-order valence-corrected chi connectivity index (χ1v) is 9.62. The van der Waals surface area contributed by atoms with Gasteiger partial charge in [-0.1, -0.05) is 0 Å². The number of fused-ring (bicyclic) bond motifs is 1. The summed E-state index contributed by atoms with van der Waals surface area (Å²) in [7, 11) is 0. The lowest BCUT2D eigenvalue weighted by atomic mass is 10.2. The van der Waals surface area contributed by atoms with Gasteiger partial charge in [-0.15, -0.1) is 11.8 Å². The number of anilines is 2. The quantitative estimate of drug-likeness (QED) is 0.471. The van der Waals surface area contributed by atoms with Gasteiger partial charge in [-0.25, -0.2) is 4.79 Å².